The molecule has 4 heteroatoms. The van der Waals surface area contributed by atoms with E-state index in [4.69, 9.17) is 0 Å². The molecule has 120 valence electrons. The third kappa shape index (κ3) is 2.97. The monoisotopic (exact) mass is 326 g/mol. The minimum Gasteiger partial charge on any atom is -0.478 e. The molecule has 0 saturated carbocycles. The van der Waals surface area contributed by atoms with Crippen molar-refractivity contribution in [1.29, 1.82) is 0 Å². The van der Waals surface area contributed by atoms with Crippen molar-refractivity contribution >= 4 is 39.9 Å². The lowest BCUT2D eigenvalue weighted by Crippen LogP contribution is -1.98. The quantitative estimate of drug-likeness (QED) is 0.557. The Kier molecular flexibility index (Phi) is 3.71. The Hall–Kier alpha value is -3.53. The molecule has 4 rings (SSSR count). The van der Waals surface area contributed by atoms with E-state index in [0.29, 0.717) is 10.9 Å². The molecule has 0 radical (unpaired) electrons. The van der Waals surface area contributed by atoms with Crippen LogP contribution in [0.2, 0.25) is 0 Å². The number of carboxylic acids is 1. The third-order valence-electron chi connectivity index (χ3n) is 4.09. The minimum atomic E-state index is -0.949. The maximum atomic E-state index is 11.4. The Labute approximate surface area is 144 Å². The van der Waals surface area contributed by atoms with Crippen LogP contribution in [0.1, 0.15) is 21.5 Å². The first-order valence-corrected chi connectivity index (χ1v) is 7.86. The van der Waals surface area contributed by atoms with E-state index in [1.807, 2.05) is 54.6 Å². The van der Waals surface area contributed by atoms with Crippen molar-refractivity contribution in [3.05, 3.63) is 83.7 Å². The van der Waals surface area contributed by atoms with E-state index in [1.54, 1.807) is 6.20 Å². The summed E-state index contributed by atoms with van der Waals surface area (Å²) in [5.41, 5.74) is 3.88. The third-order valence-corrected chi connectivity index (χ3v) is 4.09. The van der Waals surface area contributed by atoms with Gasteiger partial charge in [-0.25, -0.2) is 4.79 Å². The van der Waals surface area contributed by atoms with E-state index in [0.717, 1.165) is 22.0 Å². The molecule has 1 N–H and O–H groups in total. The average Bonchev–Trinajstić information content (AvgIpc) is 2.65. The summed E-state index contributed by atoms with van der Waals surface area (Å²) in [7, 11) is 0. The van der Waals surface area contributed by atoms with Crippen LogP contribution >= 0.6 is 0 Å². The zero-order chi connectivity index (χ0) is 17.2. The molecule has 0 aliphatic rings. The second-order valence-electron chi connectivity index (χ2n) is 5.73. The highest BCUT2D eigenvalue weighted by molar-refractivity contribution is 6.03. The van der Waals surface area contributed by atoms with E-state index in [9.17, 15) is 9.90 Å². The van der Waals surface area contributed by atoms with Crippen molar-refractivity contribution in [2.45, 2.75) is 0 Å². The van der Waals surface area contributed by atoms with E-state index < -0.39 is 5.97 Å². The second-order valence-corrected chi connectivity index (χ2v) is 5.73. The second kappa shape index (κ2) is 6.17. The molecule has 0 amide bonds. The van der Waals surface area contributed by atoms with Crippen molar-refractivity contribution in [3.63, 3.8) is 0 Å². The van der Waals surface area contributed by atoms with Crippen LogP contribution in [0.5, 0.6) is 0 Å². The van der Waals surface area contributed by atoms with Gasteiger partial charge in [0, 0.05) is 23.2 Å². The summed E-state index contributed by atoms with van der Waals surface area (Å²) >= 11 is 0. The van der Waals surface area contributed by atoms with Gasteiger partial charge in [0.05, 0.1) is 16.6 Å². The number of carbonyl (C=O) groups is 1. The summed E-state index contributed by atoms with van der Waals surface area (Å²) < 4.78 is 0. The van der Waals surface area contributed by atoms with Crippen LogP contribution in [-0.4, -0.2) is 21.0 Å². The number of pyridine rings is 2. The zero-order valence-electron chi connectivity index (χ0n) is 13.3. The molecule has 0 bridgehead atoms. The van der Waals surface area contributed by atoms with E-state index in [1.165, 1.54) is 12.3 Å². The Morgan fingerprint density at radius 3 is 2.36 bits per heavy atom. The van der Waals surface area contributed by atoms with Crippen LogP contribution in [-0.2, 0) is 0 Å². The fourth-order valence-corrected chi connectivity index (χ4v) is 2.84. The van der Waals surface area contributed by atoms with Crippen molar-refractivity contribution in [2.75, 3.05) is 0 Å². The number of fused-ring (bicyclic) bond motifs is 2. The average molecular weight is 326 g/mol. The van der Waals surface area contributed by atoms with Crippen molar-refractivity contribution < 1.29 is 9.90 Å². The molecule has 2 heterocycles. The summed E-state index contributed by atoms with van der Waals surface area (Å²) in [5.74, 6) is -0.949. The van der Waals surface area contributed by atoms with Crippen molar-refractivity contribution in [1.82, 2.24) is 9.97 Å². The van der Waals surface area contributed by atoms with Gasteiger partial charge in [-0.1, -0.05) is 30.4 Å². The highest BCUT2D eigenvalue weighted by Gasteiger charge is 2.08. The van der Waals surface area contributed by atoms with Crippen LogP contribution < -0.4 is 0 Å². The van der Waals surface area contributed by atoms with E-state index in [2.05, 4.69) is 16.0 Å². The van der Waals surface area contributed by atoms with Gasteiger partial charge < -0.3 is 5.11 Å². The van der Waals surface area contributed by atoms with E-state index >= 15 is 0 Å². The molecule has 4 aromatic rings. The number of hydrogen-bond donors (Lipinski definition) is 1. The van der Waals surface area contributed by atoms with Crippen LogP contribution in [0.4, 0.5) is 0 Å². The molecule has 2 aromatic heterocycles. The van der Waals surface area contributed by atoms with Gasteiger partial charge in [-0.15, -0.1) is 0 Å². The normalized spacial score (nSPS) is 11.4. The Morgan fingerprint density at radius 2 is 1.56 bits per heavy atom. The summed E-state index contributed by atoms with van der Waals surface area (Å²) in [4.78, 5) is 19.9. The number of aromatic carboxylic acids is 1. The van der Waals surface area contributed by atoms with Gasteiger partial charge in [0.25, 0.3) is 0 Å². The first-order valence-electron chi connectivity index (χ1n) is 7.86. The lowest BCUT2D eigenvalue weighted by molar-refractivity contribution is 0.0699. The van der Waals surface area contributed by atoms with Gasteiger partial charge >= 0.3 is 5.97 Å². The van der Waals surface area contributed by atoms with Crippen molar-refractivity contribution in [2.24, 2.45) is 0 Å². The number of aromatic nitrogens is 2. The number of benzene rings is 2. The molecule has 0 atom stereocenters. The summed E-state index contributed by atoms with van der Waals surface area (Å²) in [5, 5.41) is 11.1. The number of nitrogens with zero attached hydrogens (tertiary/aromatic N) is 2. The Morgan fingerprint density at radius 1 is 0.840 bits per heavy atom. The molecule has 25 heavy (non-hydrogen) atoms. The predicted molar refractivity (Wildman–Crippen MR) is 99.4 cm³/mol. The molecule has 2 aromatic carbocycles. The number of rotatable bonds is 3. The van der Waals surface area contributed by atoms with Gasteiger partial charge in [-0.05, 0) is 47.5 Å². The van der Waals surface area contributed by atoms with Gasteiger partial charge in [-0.2, -0.15) is 0 Å². The van der Waals surface area contributed by atoms with Crippen LogP contribution in [0.25, 0.3) is 34.0 Å². The smallest absolute Gasteiger partial charge is 0.336 e. The summed E-state index contributed by atoms with van der Waals surface area (Å²) in [6, 6.07) is 17.2. The lowest BCUT2D eigenvalue weighted by Gasteiger charge is -2.03. The standard InChI is InChI=1S/C21H14N2O2/c24-21(25)17-9-11-23-20-8-6-15(13-18(17)20)4-3-14-5-7-19-16(12-14)2-1-10-22-19/h1-13H,(H,24,25). The van der Waals surface area contributed by atoms with Gasteiger partial charge in [-0.3, -0.25) is 9.97 Å². The molecular formula is C21H14N2O2. The van der Waals surface area contributed by atoms with Gasteiger partial charge in [0.1, 0.15) is 0 Å². The SMILES string of the molecule is O=C(O)c1ccnc2ccc(C=Cc3ccc4ncccc4c3)cc12. The highest BCUT2D eigenvalue weighted by Crippen LogP contribution is 2.21. The maximum Gasteiger partial charge on any atom is 0.336 e. The maximum absolute atomic E-state index is 11.4. The van der Waals surface area contributed by atoms with Crippen LogP contribution in [0.3, 0.4) is 0 Å². The largest absolute Gasteiger partial charge is 0.478 e. The molecule has 0 aliphatic carbocycles. The molecule has 0 spiro atoms. The molecule has 0 saturated heterocycles. The van der Waals surface area contributed by atoms with Crippen LogP contribution in [0.15, 0.2) is 67.0 Å². The number of carboxylic acid groups (broad SMARTS) is 1. The predicted octanol–water partition coefficient (Wildman–Crippen LogP) is 4.65. The molecular weight excluding hydrogens is 312 g/mol. The van der Waals surface area contributed by atoms with Crippen molar-refractivity contribution in [3.8, 4) is 0 Å². The van der Waals surface area contributed by atoms with Gasteiger partial charge in [0.2, 0.25) is 0 Å². The zero-order valence-corrected chi connectivity index (χ0v) is 13.3. The summed E-state index contributed by atoms with van der Waals surface area (Å²) in [6.07, 6.45) is 7.27. The fraction of sp³-hybridized carbons (Fsp3) is 0. The highest BCUT2D eigenvalue weighted by atomic mass is 16.4. The first kappa shape index (κ1) is 15.0. The molecule has 0 fully saturated rings. The molecule has 0 unspecified atom stereocenters. The van der Waals surface area contributed by atoms with Gasteiger partial charge in [0.15, 0.2) is 0 Å². The topological polar surface area (TPSA) is 63.1 Å². The lowest BCUT2D eigenvalue weighted by atomic mass is 10.0. The van der Waals surface area contributed by atoms with E-state index in [-0.39, 0.29) is 5.56 Å². The first-order chi connectivity index (χ1) is 12.2. The fourth-order valence-electron chi connectivity index (χ4n) is 2.84. The Balaban J connectivity index is 1.72. The Bertz CT molecular complexity index is 1130. The molecule has 0 aliphatic heterocycles. The molecule has 4 nitrogen and oxygen atoms in total. The summed E-state index contributed by atoms with van der Waals surface area (Å²) in [6.45, 7) is 0. The number of hydrogen-bond acceptors (Lipinski definition) is 3. The minimum absolute atomic E-state index is 0.261. The van der Waals surface area contributed by atoms with Crippen LogP contribution in [0, 0.1) is 0 Å².